The lowest BCUT2D eigenvalue weighted by atomic mass is 10.00. The number of alkyl halides is 9. The van der Waals surface area contributed by atoms with Crippen LogP contribution in [0.4, 0.5) is 39.5 Å². The Morgan fingerprint density at radius 3 is 0.750 bits per heavy atom. The van der Waals surface area contributed by atoms with E-state index in [0.717, 1.165) is 0 Å². The molecule has 0 saturated carbocycles. The molecular weight excluding hydrogens is 603 g/mol. The predicted octanol–water partition coefficient (Wildman–Crippen LogP) is 0.812. The summed E-state index contributed by atoms with van der Waals surface area (Å²) in [7, 11) is -14.7. The van der Waals surface area contributed by atoms with Gasteiger partial charge in [0.25, 0.3) is 30.4 Å². The third-order valence-electron chi connectivity index (χ3n) is 2.34. The Labute approximate surface area is 199 Å². The van der Waals surface area contributed by atoms with Crippen LogP contribution >= 0.6 is 0 Å². The first kappa shape index (κ1) is 42.1. The summed E-state index contributed by atoms with van der Waals surface area (Å²) in [5.41, 5.74) is -0.899. The zero-order chi connectivity index (χ0) is 30.4. The summed E-state index contributed by atoms with van der Waals surface area (Å²) < 4.78 is 179. The van der Waals surface area contributed by atoms with Crippen molar-refractivity contribution in [1.29, 1.82) is 0 Å². The van der Waals surface area contributed by atoms with E-state index in [2.05, 4.69) is 0 Å². The Bertz CT molecular complexity index is 793. The molecule has 36 heavy (non-hydrogen) atoms. The molecule has 0 bridgehead atoms. The highest BCUT2D eigenvalue weighted by Gasteiger charge is 2.35. The van der Waals surface area contributed by atoms with Gasteiger partial charge in [0.05, 0.1) is 5.60 Å². The molecule has 0 fully saturated rings. The molecule has 0 saturated heterocycles. The van der Waals surface area contributed by atoms with Gasteiger partial charge in [0.15, 0.2) is 17.3 Å². The summed E-state index contributed by atoms with van der Waals surface area (Å²) in [5.74, 6) is -6.54. The van der Waals surface area contributed by atoms with Gasteiger partial charge < -0.3 is 15.3 Å². The number of hydrogen-bond acceptors (Lipinski definition) is 9. The largest absolute Gasteiger partial charge is 0.405 e. The van der Waals surface area contributed by atoms with Gasteiger partial charge in [-0.2, -0.15) is 64.8 Å². The van der Waals surface area contributed by atoms with Crippen molar-refractivity contribution < 1.29 is 93.7 Å². The van der Waals surface area contributed by atoms with Gasteiger partial charge in [0.2, 0.25) is 0 Å². The van der Waals surface area contributed by atoms with Crippen LogP contribution in [0.3, 0.4) is 0 Å². The molecule has 0 atom stereocenters. The van der Waals surface area contributed by atoms with Crippen molar-refractivity contribution in [2.75, 3.05) is 30.5 Å². The fraction of sp³-hybridized carbons (Fsp3) is 1.00. The lowest BCUT2D eigenvalue weighted by Crippen LogP contribution is -2.26. The van der Waals surface area contributed by atoms with E-state index in [9.17, 15) is 69.9 Å². The SMILES string of the molecule is CC(O)(CCO)CCO.O=S(=O)(O)CC(F)(F)F.O=S(=O)(O)CC(F)(F)F.O=S(=O)(O)CC(F)(F)F. The van der Waals surface area contributed by atoms with Gasteiger partial charge in [-0.1, -0.05) is 0 Å². The minimum absolute atomic E-state index is 0.0347. The smallest absolute Gasteiger partial charge is 0.396 e. The topological polar surface area (TPSA) is 224 Å². The van der Waals surface area contributed by atoms with Gasteiger partial charge in [-0.15, -0.1) is 0 Å². The number of halogens is 9. The Hall–Kier alpha value is -1.02. The Balaban J connectivity index is -0.000000190. The summed E-state index contributed by atoms with van der Waals surface area (Å²) in [6, 6.07) is 0. The number of aliphatic hydroxyl groups excluding tert-OH is 2. The van der Waals surface area contributed by atoms with E-state index in [1.165, 1.54) is 0 Å². The summed E-state index contributed by atoms with van der Waals surface area (Å²) in [6.07, 6.45) is -13.9. The van der Waals surface area contributed by atoms with Crippen LogP contribution in [0.15, 0.2) is 0 Å². The molecule has 0 aliphatic rings. The van der Waals surface area contributed by atoms with Crippen LogP contribution in [0.5, 0.6) is 0 Å². The Morgan fingerprint density at radius 1 is 0.528 bits per heavy atom. The summed E-state index contributed by atoms with van der Waals surface area (Å²) >= 11 is 0. The van der Waals surface area contributed by atoms with Crippen LogP contribution in [-0.2, 0) is 30.4 Å². The summed E-state index contributed by atoms with van der Waals surface area (Å²) in [6.45, 7) is 1.53. The van der Waals surface area contributed by atoms with Crippen LogP contribution in [0, 0.1) is 0 Å². The van der Waals surface area contributed by atoms with Crippen molar-refractivity contribution in [1.82, 2.24) is 0 Å². The average molecular weight is 626 g/mol. The standard InChI is InChI=1S/C6H14O3.3C2H3F3O3S/c1-6(9,2-4-7)3-5-8;3*3-2(4,5)1-9(6,7)8/h7-9H,2-5H2,1H3;3*1H2,(H,6,7,8). The van der Waals surface area contributed by atoms with Gasteiger partial charge in [-0.25, -0.2) is 0 Å². The Kier molecular flexibility index (Phi) is 18.8. The molecule has 0 heterocycles. The van der Waals surface area contributed by atoms with Crippen molar-refractivity contribution in [3.8, 4) is 0 Å². The number of aliphatic hydroxyl groups is 3. The second-order valence-electron chi connectivity index (χ2n) is 6.47. The fourth-order valence-electron chi connectivity index (χ4n) is 1.23. The summed E-state index contributed by atoms with van der Waals surface area (Å²) in [4.78, 5) is 0. The molecule has 224 valence electrons. The van der Waals surface area contributed by atoms with Crippen LogP contribution in [-0.4, -0.2) is 109 Å². The zero-order valence-electron chi connectivity index (χ0n) is 17.7. The van der Waals surface area contributed by atoms with Gasteiger partial charge in [-0.05, 0) is 19.8 Å². The minimum Gasteiger partial charge on any atom is -0.396 e. The van der Waals surface area contributed by atoms with Crippen LogP contribution in [0.2, 0.25) is 0 Å². The van der Waals surface area contributed by atoms with E-state index in [0.29, 0.717) is 12.8 Å². The van der Waals surface area contributed by atoms with E-state index >= 15 is 0 Å². The van der Waals surface area contributed by atoms with E-state index in [1.807, 2.05) is 0 Å². The monoisotopic (exact) mass is 626 g/mol. The highest BCUT2D eigenvalue weighted by Crippen LogP contribution is 2.17. The zero-order valence-corrected chi connectivity index (χ0v) is 20.2. The molecule has 0 aliphatic heterocycles. The number of hydrogen-bond donors (Lipinski definition) is 6. The lowest BCUT2D eigenvalue weighted by molar-refractivity contribution is -0.108. The highest BCUT2D eigenvalue weighted by molar-refractivity contribution is 7.86. The Morgan fingerprint density at radius 2 is 0.694 bits per heavy atom. The van der Waals surface area contributed by atoms with Crippen LogP contribution < -0.4 is 0 Å². The normalized spacial score (nSPS) is 13.3. The van der Waals surface area contributed by atoms with Gasteiger partial charge >= 0.3 is 18.5 Å². The third-order valence-corrected chi connectivity index (χ3v) is 4.42. The molecular formula is C12H23F9O12S3. The lowest BCUT2D eigenvalue weighted by Gasteiger charge is -2.20. The molecule has 0 radical (unpaired) electrons. The third kappa shape index (κ3) is 54.1. The predicted molar refractivity (Wildman–Crippen MR) is 101 cm³/mol. The molecule has 24 heteroatoms. The molecule has 12 nitrogen and oxygen atoms in total. The molecule has 0 rings (SSSR count). The van der Waals surface area contributed by atoms with Gasteiger partial charge in [0, 0.05) is 13.2 Å². The van der Waals surface area contributed by atoms with Crippen molar-refractivity contribution >= 4 is 30.4 Å². The molecule has 0 unspecified atom stereocenters. The van der Waals surface area contributed by atoms with Crippen molar-refractivity contribution in [2.45, 2.75) is 43.9 Å². The minimum atomic E-state index is -4.91. The second-order valence-corrected chi connectivity index (χ2v) is 10.8. The van der Waals surface area contributed by atoms with Gasteiger partial charge in [0.1, 0.15) is 0 Å². The quantitative estimate of drug-likeness (QED) is 0.171. The van der Waals surface area contributed by atoms with Gasteiger partial charge in [-0.3, -0.25) is 13.7 Å². The van der Waals surface area contributed by atoms with Crippen LogP contribution in [0.1, 0.15) is 19.8 Å². The maximum Gasteiger partial charge on any atom is 0.405 e. The van der Waals surface area contributed by atoms with E-state index in [-0.39, 0.29) is 13.2 Å². The van der Waals surface area contributed by atoms with Crippen molar-refractivity contribution in [3.05, 3.63) is 0 Å². The molecule has 0 aromatic heterocycles. The average Bonchev–Trinajstić information content (AvgIpc) is 2.35. The first-order valence-corrected chi connectivity index (χ1v) is 13.1. The van der Waals surface area contributed by atoms with Crippen molar-refractivity contribution in [2.24, 2.45) is 0 Å². The maximum atomic E-state index is 11.0. The molecule has 6 N–H and O–H groups in total. The number of rotatable bonds is 7. The van der Waals surface area contributed by atoms with E-state index in [4.69, 9.17) is 23.9 Å². The second kappa shape index (κ2) is 16.1. The van der Waals surface area contributed by atoms with E-state index < -0.39 is 71.7 Å². The van der Waals surface area contributed by atoms with E-state index in [1.54, 1.807) is 6.92 Å². The highest BCUT2D eigenvalue weighted by atomic mass is 32.2. The van der Waals surface area contributed by atoms with Crippen LogP contribution in [0.25, 0.3) is 0 Å². The molecule has 0 aliphatic carbocycles. The molecule has 0 spiro atoms. The first-order chi connectivity index (χ1) is 15.2. The summed E-state index contributed by atoms with van der Waals surface area (Å²) in [5, 5.41) is 26.0. The molecule has 0 aromatic carbocycles. The maximum absolute atomic E-state index is 11.0. The first-order valence-electron chi connectivity index (χ1n) is 8.24. The van der Waals surface area contributed by atoms with Crippen molar-refractivity contribution in [3.63, 3.8) is 0 Å². The molecule has 0 aromatic rings. The molecule has 0 amide bonds. The fourth-order valence-corrected chi connectivity index (χ4v) is 2.47.